The number of hydrogen-bond acceptors (Lipinski definition) is 10. The second-order valence-electron chi connectivity index (χ2n) is 34.9. The number of unbranched alkanes of at least 4 members (excludes halogenated alkanes) is 66. The fourth-order valence-electron chi connectivity index (χ4n) is 16.4. The molecule has 5 rings (SSSR count). The molecule has 0 aliphatic rings. The third-order valence-corrected chi connectivity index (χ3v) is 26.1. The molecule has 0 bridgehead atoms. The lowest BCUT2D eigenvalue weighted by Crippen LogP contribution is -2.06. The molecule has 2 aromatic heterocycles. The first-order chi connectivity index (χ1) is 56.5. The van der Waals surface area contributed by atoms with Gasteiger partial charge in [0.15, 0.2) is 23.0 Å². The first-order valence-electron chi connectivity index (χ1n) is 50.4. The van der Waals surface area contributed by atoms with Gasteiger partial charge in [0.25, 0.3) is 0 Å². The molecule has 2 heterocycles. The van der Waals surface area contributed by atoms with Gasteiger partial charge in [-0.1, -0.05) is 465 Å². The van der Waals surface area contributed by atoms with E-state index in [1.807, 2.05) is 0 Å². The van der Waals surface area contributed by atoms with Crippen LogP contribution in [0.3, 0.4) is 0 Å². The van der Waals surface area contributed by atoms with Gasteiger partial charge in [0.05, 0.1) is 60.1 Å². The normalized spacial score (nSPS) is 11.7. The van der Waals surface area contributed by atoms with Crippen molar-refractivity contribution in [3.63, 3.8) is 0 Å². The minimum absolute atomic E-state index is 0.659. The highest BCUT2D eigenvalue weighted by molar-refractivity contribution is 7.23. The third kappa shape index (κ3) is 49.7. The molecule has 0 saturated carbocycles. The van der Waals surface area contributed by atoms with Gasteiger partial charge in [0.1, 0.15) is 10.0 Å². The van der Waals surface area contributed by atoms with Gasteiger partial charge in [0.2, 0.25) is 11.5 Å². The molecule has 5 aromatic rings. The third-order valence-electron chi connectivity index (χ3n) is 23.9. The average Bonchev–Trinajstić information content (AvgIpc) is 1.70. The monoisotopic (exact) mass is 1620 g/mol. The fraction of sp³-hybridized carbons (Fsp3) is 0.808. The SMILES string of the molecule is CCCCCCCCCCCCCCOc1cc(-c2nc3cc4sc(-c5cc(OCCCCCCCCCCCCCC)c(OCCCCCCCCCCCCCC)c(OCCCCCCCCCCCCCC)c5)nc4cc3s2)cc(OCCCCCCCCCCCCCC)c1OCCCCCCCCCCCCCC. The molecule has 654 valence electrons. The Kier molecular flexibility index (Phi) is 64.7. The summed E-state index contributed by atoms with van der Waals surface area (Å²) in [7, 11) is 0. The number of ether oxygens (including phenoxy) is 6. The summed E-state index contributed by atoms with van der Waals surface area (Å²) in [6, 6.07) is 13.4. The zero-order valence-corrected chi connectivity index (χ0v) is 77.4. The number of rotatable bonds is 86. The topological polar surface area (TPSA) is 81.2 Å². The molecule has 0 spiro atoms. The van der Waals surface area contributed by atoms with Crippen LogP contribution < -0.4 is 28.4 Å². The molecule has 0 atom stereocenters. The van der Waals surface area contributed by atoms with E-state index in [4.69, 9.17) is 38.4 Å². The number of aromatic nitrogens is 2. The van der Waals surface area contributed by atoms with E-state index in [-0.39, 0.29) is 0 Å². The second-order valence-corrected chi connectivity index (χ2v) is 36.9. The van der Waals surface area contributed by atoms with Crippen LogP contribution in [0.25, 0.3) is 41.6 Å². The second kappa shape index (κ2) is 73.2. The zero-order valence-electron chi connectivity index (χ0n) is 75.8. The average molecular weight is 1620 g/mol. The molecule has 0 fully saturated rings. The minimum atomic E-state index is 0.659. The Morgan fingerprint density at radius 2 is 0.333 bits per heavy atom. The van der Waals surface area contributed by atoms with Crippen molar-refractivity contribution in [3.8, 4) is 55.6 Å². The number of fused-ring (bicyclic) bond motifs is 2. The van der Waals surface area contributed by atoms with Crippen LogP contribution in [0.4, 0.5) is 0 Å². The van der Waals surface area contributed by atoms with Crippen molar-refractivity contribution in [1.82, 2.24) is 9.97 Å². The maximum Gasteiger partial charge on any atom is 0.203 e. The van der Waals surface area contributed by atoms with Gasteiger partial charge in [-0.3, -0.25) is 0 Å². The molecule has 3 aromatic carbocycles. The Hall–Kier alpha value is -3.76. The van der Waals surface area contributed by atoms with Crippen molar-refractivity contribution >= 4 is 43.1 Å². The maximum absolute atomic E-state index is 6.94. The van der Waals surface area contributed by atoms with Crippen LogP contribution in [0.5, 0.6) is 34.5 Å². The number of benzene rings is 3. The smallest absolute Gasteiger partial charge is 0.203 e. The highest BCUT2D eigenvalue weighted by Crippen LogP contribution is 2.47. The molecule has 0 N–H and O–H groups in total. The van der Waals surface area contributed by atoms with Gasteiger partial charge in [0, 0.05) is 11.1 Å². The Morgan fingerprint density at radius 1 is 0.184 bits per heavy atom. The summed E-state index contributed by atoms with van der Waals surface area (Å²) >= 11 is 3.48. The van der Waals surface area contributed by atoms with Crippen LogP contribution in [0.2, 0.25) is 0 Å². The Balaban J connectivity index is 1.40. The minimum Gasteiger partial charge on any atom is -0.490 e. The molecule has 0 aliphatic carbocycles. The summed E-state index contributed by atoms with van der Waals surface area (Å²) < 4.78 is 43.8. The van der Waals surface area contributed by atoms with E-state index in [1.54, 1.807) is 22.7 Å². The molecule has 10 heteroatoms. The van der Waals surface area contributed by atoms with E-state index in [0.717, 1.165) is 115 Å². The van der Waals surface area contributed by atoms with Gasteiger partial charge in [-0.15, -0.1) is 22.7 Å². The predicted octanol–water partition coefficient (Wildman–Crippen LogP) is 36.7. The molecular formula is C104H180N2O6S2. The molecule has 0 saturated heterocycles. The first-order valence-corrected chi connectivity index (χ1v) is 52.0. The first kappa shape index (κ1) is 101. The van der Waals surface area contributed by atoms with Crippen molar-refractivity contribution in [3.05, 3.63) is 36.4 Å². The lowest BCUT2D eigenvalue weighted by atomic mass is 10.1. The van der Waals surface area contributed by atoms with E-state index in [1.165, 1.54) is 424 Å². The van der Waals surface area contributed by atoms with E-state index in [9.17, 15) is 0 Å². The van der Waals surface area contributed by atoms with Crippen LogP contribution in [-0.4, -0.2) is 49.6 Å². The van der Waals surface area contributed by atoms with Crippen LogP contribution >= 0.6 is 22.7 Å². The molecule has 0 radical (unpaired) electrons. The Bertz CT molecular complexity index is 2610. The summed E-state index contributed by atoms with van der Waals surface area (Å²) in [6.45, 7) is 17.8. The molecule has 0 aliphatic heterocycles. The van der Waals surface area contributed by atoms with E-state index in [2.05, 4.69) is 77.9 Å². The maximum atomic E-state index is 6.94. The van der Waals surface area contributed by atoms with Crippen molar-refractivity contribution < 1.29 is 28.4 Å². The van der Waals surface area contributed by atoms with Crippen LogP contribution in [0.15, 0.2) is 36.4 Å². The molecule has 114 heavy (non-hydrogen) atoms. The van der Waals surface area contributed by atoms with Crippen LogP contribution in [0, 0.1) is 0 Å². The van der Waals surface area contributed by atoms with E-state index < -0.39 is 0 Å². The predicted molar refractivity (Wildman–Crippen MR) is 503 cm³/mol. The van der Waals surface area contributed by atoms with Gasteiger partial charge in [-0.2, -0.15) is 0 Å². The lowest BCUT2D eigenvalue weighted by Gasteiger charge is -2.19. The van der Waals surface area contributed by atoms with Crippen LogP contribution in [-0.2, 0) is 0 Å². The van der Waals surface area contributed by atoms with Gasteiger partial charge in [-0.25, -0.2) is 9.97 Å². The van der Waals surface area contributed by atoms with Crippen molar-refractivity contribution in [2.45, 2.75) is 504 Å². The highest BCUT2D eigenvalue weighted by Gasteiger charge is 2.23. The summed E-state index contributed by atoms with van der Waals surface area (Å²) in [5.41, 5.74) is 4.02. The van der Waals surface area contributed by atoms with Gasteiger partial charge >= 0.3 is 0 Å². The van der Waals surface area contributed by atoms with Crippen LogP contribution in [0.1, 0.15) is 504 Å². The highest BCUT2D eigenvalue weighted by atomic mass is 32.1. The van der Waals surface area contributed by atoms with Crippen molar-refractivity contribution in [1.29, 1.82) is 0 Å². The lowest BCUT2D eigenvalue weighted by molar-refractivity contribution is 0.234. The summed E-state index contributed by atoms with van der Waals surface area (Å²) in [5, 5.41) is 1.93. The quantitative estimate of drug-likeness (QED) is 0.0356. The summed E-state index contributed by atoms with van der Waals surface area (Å²) in [4.78, 5) is 11.0. The van der Waals surface area contributed by atoms with Crippen molar-refractivity contribution in [2.75, 3.05) is 39.6 Å². The molecular weight excluding hydrogens is 1440 g/mol. The molecule has 0 amide bonds. The number of hydrogen-bond donors (Lipinski definition) is 0. The van der Waals surface area contributed by atoms with Crippen molar-refractivity contribution in [2.24, 2.45) is 0 Å². The van der Waals surface area contributed by atoms with E-state index in [0.29, 0.717) is 39.6 Å². The summed E-state index contributed by atoms with van der Waals surface area (Å²) in [5.74, 6) is 4.71. The van der Waals surface area contributed by atoms with Gasteiger partial charge < -0.3 is 28.4 Å². The van der Waals surface area contributed by atoms with E-state index >= 15 is 0 Å². The Labute approximate surface area is 712 Å². The molecule has 0 unspecified atom stereocenters. The number of thiazole rings is 2. The Morgan fingerprint density at radius 3 is 0.500 bits per heavy atom. The molecule has 8 nitrogen and oxygen atoms in total. The van der Waals surface area contributed by atoms with Gasteiger partial charge in [-0.05, 0) is 74.9 Å². The zero-order chi connectivity index (χ0) is 80.6. The number of nitrogens with zero attached hydrogens (tertiary/aromatic N) is 2. The largest absolute Gasteiger partial charge is 0.490 e. The summed E-state index contributed by atoms with van der Waals surface area (Å²) in [6.07, 6.45) is 94.8. The standard InChI is InChI=1S/C104H180N2O6S2/c1-7-13-19-25-31-37-43-49-55-61-67-73-79-107-95-85-91(86-96(108-80-74-68-62-56-50-44-38-32-26-20-14-8-2)101(95)111-83-77-71-65-59-53-47-41-35-29-23-17-11-5)103-105-93-89-100-94(90-99(93)113-103)106-104(114-100)92-87-97(109-81-75-69-63-57-51-45-39-33-27-21-15-9-3)102(112-84-78-72-66-60-54-48-42-36-30-24-18-12-6)98(88-92)110-82-76-70-64-58-52-46-40-34-28-22-16-10-4/h85-90H,7-84H2,1-6H3. The fourth-order valence-corrected chi connectivity index (χ4v) is 18.4.